The average Bonchev–Trinajstić information content (AvgIpc) is 2.38. The molecule has 0 heterocycles. The van der Waals surface area contributed by atoms with Crippen molar-refractivity contribution < 1.29 is 0 Å². The summed E-state index contributed by atoms with van der Waals surface area (Å²) in [5.41, 5.74) is 2.97. The molecule has 2 saturated carbocycles. The highest BCUT2D eigenvalue weighted by Gasteiger charge is 2.54. The molecule has 0 N–H and O–H groups in total. The van der Waals surface area contributed by atoms with Gasteiger partial charge in [0, 0.05) is 0 Å². The Morgan fingerprint density at radius 2 is 1.89 bits per heavy atom. The Morgan fingerprint density at radius 1 is 1.11 bits per heavy atom. The number of fused-ring (bicyclic) bond motifs is 3. The molecule has 3 aliphatic carbocycles. The predicted octanol–water partition coefficient (Wildman–Crippen LogP) is 5.98. The molecule has 0 radical (unpaired) electrons. The first kappa shape index (κ1) is 13.7. The molecule has 0 heteroatoms. The van der Waals surface area contributed by atoms with E-state index in [0.717, 1.165) is 17.8 Å². The van der Waals surface area contributed by atoms with Gasteiger partial charge in [-0.1, -0.05) is 45.8 Å². The Labute approximate surface area is 120 Å². The Bertz CT molecular complexity index is 375. The van der Waals surface area contributed by atoms with E-state index in [4.69, 9.17) is 0 Å². The summed E-state index contributed by atoms with van der Waals surface area (Å²) >= 11 is 0. The van der Waals surface area contributed by atoms with E-state index in [-0.39, 0.29) is 0 Å². The maximum absolute atomic E-state index is 2.66. The molecule has 0 aromatic heterocycles. The molecule has 0 bridgehead atoms. The smallest absolute Gasteiger partial charge is 0.00801 e. The zero-order valence-electron chi connectivity index (χ0n) is 13.5. The number of allylic oxidation sites excluding steroid dienone is 2. The van der Waals surface area contributed by atoms with Crippen LogP contribution in [0.3, 0.4) is 0 Å². The third-order valence-corrected chi connectivity index (χ3v) is 7.25. The summed E-state index contributed by atoms with van der Waals surface area (Å²) in [7, 11) is 0. The van der Waals surface area contributed by atoms with Gasteiger partial charge >= 0.3 is 0 Å². The Morgan fingerprint density at radius 3 is 2.63 bits per heavy atom. The van der Waals surface area contributed by atoms with Crippen LogP contribution in [0, 0.1) is 28.6 Å². The summed E-state index contributed by atoms with van der Waals surface area (Å²) in [6.45, 7) is 10.2. The van der Waals surface area contributed by atoms with Crippen molar-refractivity contribution in [1.82, 2.24) is 0 Å². The molecule has 19 heavy (non-hydrogen) atoms. The van der Waals surface area contributed by atoms with Crippen molar-refractivity contribution >= 4 is 0 Å². The molecular formula is C19H32. The molecule has 2 fully saturated rings. The van der Waals surface area contributed by atoms with Gasteiger partial charge in [0.2, 0.25) is 0 Å². The van der Waals surface area contributed by atoms with E-state index in [2.05, 4.69) is 33.8 Å². The van der Waals surface area contributed by atoms with Gasteiger partial charge in [0.1, 0.15) is 0 Å². The van der Waals surface area contributed by atoms with Crippen LogP contribution in [0.15, 0.2) is 11.6 Å². The van der Waals surface area contributed by atoms with Gasteiger partial charge in [-0.15, -0.1) is 0 Å². The molecule has 0 aromatic rings. The minimum Gasteiger partial charge on any atom is -0.0845 e. The van der Waals surface area contributed by atoms with Crippen LogP contribution in [0.25, 0.3) is 0 Å². The van der Waals surface area contributed by atoms with Crippen LogP contribution in [0.2, 0.25) is 0 Å². The number of hydrogen-bond donors (Lipinski definition) is 0. The molecular weight excluding hydrogens is 228 g/mol. The second kappa shape index (κ2) is 4.64. The van der Waals surface area contributed by atoms with Gasteiger partial charge < -0.3 is 0 Å². The number of hydrogen-bond acceptors (Lipinski definition) is 0. The van der Waals surface area contributed by atoms with Crippen molar-refractivity contribution in [3.05, 3.63) is 11.6 Å². The molecule has 0 nitrogen and oxygen atoms in total. The molecule has 0 amide bonds. The summed E-state index contributed by atoms with van der Waals surface area (Å²) in [5, 5.41) is 0. The van der Waals surface area contributed by atoms with E-state index < -0.39 is 0 Å². The molecule has 4 unspecified atom stereocenters. The lowest BCUT2D eigenvalue weighted by Gasteiger charge is -2.60. The Kier molecular flexibility index (Phi) is 3.35. The van der Waals surface area contributed by atoms with Crippen LogP contribution < -0.4 is 0 Å². The van der Waals surface area contributed by atoms with Crippen LogP contribution in [0.5, 0.6) is 0 Å². The van der Waals surface area contributed by atoms with Gasteiger partial charge in [-0.3, -0.25) is 0 Å². The lowest BCUT2D eigenvalue weighted by atomic mass is 9.45. The molecule has 108 valence electrons. The average molecular weight is 260 g/mol. The molecule has 3 aliphatic rings. The van der Waals surface area contributed by atoms with Crippen LogP contribution in [0.4, 0.5) is 0 Å². The van der Waals surface area contributed by atoms with Crippen molar-refractivity contribution in [3.8, 4) is 0 Å². The second-order valence-electron chi connectivity index (χ2n) is 8.30. The van der Waals surface area contributed by atoms with E-state index >= 15 is 0 Å². The first-order chi connectivity index (χ1) is 9.00. The minimum atomic E-state index is 0.540. The van der Waals surface area contributed by atoms with Gasteiger partial charge in [0.15, 0.2) is 0 Å². The molecule has 4 atom stereocenters. The van der Waals surface area contributed by atoms with Crippen LogP contribution in [0.1, 0.15) is 79.1 Å². The SMILES string of the molecule is CCC1CCC2(C)C3=CCCCC3CCC2C1(C)C. The topological polar surface area (TPSA) is 0 Å². The van der Waals surface area contributed by atoms with Crippen LogP contribution >= 0.6 is 0 Å². The number of rotatable bonds is 1. The Balaban J connectivity index is 1.97. The zero-order chi connectivity index (χ0) is 13.7. The van der Waals surface area contributed by atoms with E-state index in [0.29, 0.717) is 10.8 Å². The van der Waals surface area contributed by atoms with E-state index in [1.807, 2.05) is 5.57 Å². The van der Waals surface area contributed by atoms with Gasteiger partial charge in [-0.25, -0.2) is 0 Å². The van der Waals surface area contributed by atoms with Gasteiger partial charge in [0.05, 0.1) is 0 Å². The van der Waals surface area contributed by atoms with Gasteiger partial charge in [-0.05, 0) is 73.5 Å². The van der Waals surface area contributed by atoms with E-state index in [1.165, 1.54) is 51.4 Å². The first-order valence-electron chi connectivity index (χ1n) is 8.70. The molecule has 0 saturated heterocycles. The van der Waals surface area contributed by atoms with Crippen molar-refractivity contribution in [3.63, 3.8) is 0 Å². The van der Waals surface area contributed by atoms with E-state index in [9.17, 15) is 0 Å². The normalized spacial score (nSPS) is 45.1. The Hall–Kier alpha value is -0.260. The molecule has 0 spiro atoms. The largest absolute Gasteiger partial charge is 0.0845 e. The fraction of sp³-hybridized carbons (Fsp3) is 0.895. The van der Waals surface area contributed by atoms with Crippen molar-refractivity contribution in [2.45, 2.75) is 79.1 Å². The highest BCUT2D eigenvalue weighted by atomic mass is 14.6. The van der Waals surface area contributed by atoms with Crippen molar-refractivity contribution in [2.24, 2.45) is 28.6 Å². The predicted molar refractivity (Wildman–Crippen MR) is 83.1 cm³/mol. The third-order valence-electron chi connectivity index (χ3n) is 7.25. The summed E-state index contributed by atoms with van der Waals surface area (Å²) in [5.74, 6) is 2.83. The monoisotopic (exact) mass is 260 g/mol. The highest BCUT2D eigenvalue weighted by Crippen LogP contribution is 2.64. The fourth-order valence-electron chi connectivity index (χ4n) is 6.20. The van der Waals surface area contributed by atoms with Crippen LogP contribution in [-0.4, -0.2) is 0 Å². The minimum absolute atomic E-state index is 0.540. The van der Waals surface area contributed by atoms with Crippen LogP contribution in [-0.2, 0) is 0 Å². The standard InChI is InChI=1S/C19H32/c1-5-15-12-13-19(4)16-9-7-6-8-14(16)10-11-17(19)18(15,2)3/h9,14-15,17H,5-8,10-13H2,1-4H3. The maximum Gasteiger partial charge on any atom is -0.00801 e. The summed E-state index contributed by atoms with van der Waals surface area (Å²) in [6.07, 6.45) is 14.2. The third kappa shape index (κ3) is 1.93. The maximum atomic E-state index is 2.66. The lowest BCUT2D eigenvalue weighted by Crippen LogP contribution is -2.51. The van der Waals surface area contributed by atoms with Crippen molar-refractivity contribution in [2.75, 3.05) is 0 Å². The zero-order valence-corrected chi connectivity index (χ0v) is 13.5. The summed E-state index contributed by atoms with van der Waals surface area (Å²) in [4.78, 5) is 0. The highest BCUT2D eigenvalue weighted by molar-refractivity contribution is 5.26. The van der Waals surface area contributed by atoms with Gasteiger partial charge in [0.25, 0.3) is 0 Å². The second-order valence-corrected chi connectivity index (χ2v) is 8.30. The lowest BCUT2D eigenvalue weighted by molar-refractivity contribution is -0.0550. The molecule has 0 aliphatic heterocycles. The van der Waals surface area contributed by atoms with Gasteiger partial charge in [-0.2, -0.15) is 0 Å². The quantitative estimate of drug-likeness (QED) is 0.509. The fourth-order valence-corrected chi connectivity index (χ4v) is 6.20. The summed E-state index contributed by atoms with van der Waals surface area (Å²) in [6, 6.07) is 0. The van der Waals surface area contributed by atoms with Crippen molar-refractivity contribution in [1.29, 1.82) is 0 Å². The van der Waals surface area contributed by atoms with E-state index in [1.54, 1.807) is 0 Å². The summed E-state index contributed by atoms with van der Waals surface area (Å²) < 4.78 is 0. The molecule has 3 rings (SSSR count). The first-order valence-corrected chi connectivity index (χ1v) is 8.70. The molecule has 0 aromatic carbocycles.